The average molecular weight is 410 g/mol. The molecule has 152 valence electrons. The minimum Gasteiger partial charge on any atom is -0.480 e. The molecule has 5 aliphatic rings. The van der Waals surface area contributed by atoms with Crippen LogP contribution in [0.2, 0.25) is 0 Å². The van der Waals surface area contributed by atoms with Crippen LogP contribution in [0.1, 0.15) is 21.5 Å². The third kappa shape index (κ3) is 2.08. The summed E-state index contributed by atoms with van der Waals surface area (Å²) in [7, 11) is 0. The SMILES string of the molecule is O=C(NCC(=O)N1C2C3C([C@H]32)[C@H]1C(=O)O)c1ccc2c(c1)-c1ccccc1C2(F)F. The largest absolute Gasteiger partial charge is 0.480 e. The predicted octanol–water partition coefficient (Wildman–Crippen LogP) is 2.08. The van der Waals surface area contributed by atoms with Gasteiger partial charge in [0.2, 0.25) is 5.91 Å². The van der Waals surface area contributed by atoms with Gasteiger partial charge in [-0.1, -0.05) is 30.3 Å². The van der Waals surface area contributed by atoms with Gasteiger partial charge in [0.25, 0.3) is 11.8 Å². The fraction of sp³-hybridized carbons (Fsp3) is 0.318. The van der Waals surface area contributed by atoms with Gasteiger partial charge in [-0.15, -0.1) is 0 Å². The molecule has 4 fully saturated rings. The lowest BCUT2D eigenvalue weighted by Crippen LogP contribution is -2.46. The Bertz CT molecular complexity index is 1150. The first-order valence-corrected chi connectivity index (χ1v) is 9.77. The molecule has 2 saturated carbocycles. The van der Waals surface area contributed by atoms with Crippen molar-refractivity contribution in [2.24, 2.45) is 17.8 Å². The van der Waals surface area contributed by atoms with Gasteiger partial charge in [-0.05, 0) is 35.1 Å². The van der Waals surface area contributed by atoms with E-state index in [9.17, 15) is 28.3 Å². The second-order valence-corrected chi connectivity index (χ2v) is 8.37. The minimum absolute atomic E-state index is 0.000713. The first-order valence-electron chi connectivity index (χ1n) is 9.77. The van der Waals surface area contributed by atoms with Gasteiger partial charge in [0.05, 0.1) is 6.54 Å². The molecule has 2 N–H and O–H groups in total. The van der Waals surface area contributed by atoms with Crippen molar-refractivity contribution < 1.29 is 28.3 Å². The van der Waals surface area contributed by atoms with E-state index in [2.05, 4.69) is 5.32 Å². The van der Waals surface area contributed by atoms with Crippen molar-refractivity contribution in [3.8, 4) is 11.1 Å². The zero-order valence-electron chi connectivity index (χ0n) is 15.5. The predicted molar refractivity (Wildman–Crippen MR) is 99.7 cm³/mol. The maximum absolute atomic E-state index is 14.6. The summed E-state index contributed by atoms with van der Waals surface area (Å²) in [6.07, 6.45) is 0. The van der Waals surface area contributed by atoms with E-state index in [4.69, 9.17) is 0 Å². The Morgan fingerprint density at radius 2 is 1.70 bits per heavy atom. The Balaban J connectivity index is 1.20. The lowest BCUT2D eigenvalue weighted by atomic mass is 10.0. The number of nitrogens with zero attached hydrogens (tertiary/aromatic N) is 1. The first kappa shape index (κ1) is 17.6. The van der Waals surface area contributed by atoms with Gasteiger partial charge in [0.1, 0.15) is 6.04 Å². The van der Waals surface area contributed by atoms with Gasteiger partial charge in [0, 0.05) is 28.7 Å². The molecule has 8 heteroatoms. The highest BCUT2D eigenvalue weighted by Gasteiger charge is 2.86. The van der Waals surface area contributed by atoms with Crippen molar-refractivity contribution >= 4 is 17.8 Å². The molecular weight excluding hydrogens is 394 g/mol. The summed E-state index contributed by atoms with van der Waals surface area (Å²) in [5, 5.41) is 11.9. The highest BCUT2D eigenvalue weighted by atomic mass is 19.3. The van der Waals surface area contributed by atoms with Gasteiger partial charge in [-0.2, -0.15) is 8.78 Å². The molecule has 2 saturated heterocycles. The standard InChI is InChI=1S/C22H16F2N2O4/c23-22(24)12-4-2-1-3-10(12)11-7-9(5-6-13(11)22)20(28)25-8-14(27)26-18-15-16(18)17(15)19(26)21(29)30/h1-7,15-19H,8H2,(H,25,28)(H,29,30)/t15-,16?,17?,18?,19-/m0/s1. The summed E-state index contributed by atoms with van der Waals surface area (Å²) in [5.74, 6) is -4.44. The Labute approximate surface area is 169 Å². The Morgan fingerprint density at radius 3 is 2.43 bits per heavy atom. The summed E-state index contributed by atoms with van der Waals surface area (Å²) in [6.45, 7) is -0.324. The molecule has 0 radical (unpaired) electrons. The third-order valence-corrected chi connectivity index (χ3v) is 6.94. The Hall–Kier alpha value is -3.29. The molecule has 2 aromatic carbocycles. The molecule has 2 bridgehead atoms. The number of hydrogen-bond acceptors (Lipinski definition) is 3. The van der Waals surface area contributed by atoms with Crippen LogP contribution in [0.25, 0.3) is 11.1 Å². The Morgan fingerprint density at radius 1 is 1.00 bits per heavy atom. The van der Waals surface area contributed by atoms with Gasteiger partial charge in [-0.3, -0.25) is 9.59 Å². The maximum Gasteiger partial charge on any atom is 0.326 e. The molecule has 5 atom stereocenters. The highest BCUT2D eigenvalue weighted by molar-refractivity contribution is 5.99. The van der Waals surface area contributed by atoms with E-state index in [0.29, 0.717) is 23.0 Å². The maximum atomic E-state index is 14.6. The molecule has 30 heavy (non-hydrogen) atoms. The number of nitrogens with one attached hydrogen (secondary N) is 1. The zero-order valence-corrected chi connectivity index (χ0v) is 15.5. The number of benzene rings is 2. The number of carbonyl (C=O) groups excluding carboxylic acids is 2. The number of aliphatic carboxylic acids is 1. The second-order valence-electron chi connectivity index (χ2n) is 8.37. The van der Waals surface area contributed by atoms with E-state index in [1.165, 1.54) is 29.2 Å². The quantitative estimate of drug-likeness (QED) is 0.808. The molecule has 2 heterocycles. The van der Waals surface area contributed by atoms with Crippen molar-refractivity contribution in [3.63, 3.8) is 0 Å². The fourth-order valence-electron chi connectivity index (χ4n) is 5.47. The third-order valence-electron chi connectivity index (χ3n) is 6.94. The Kier molecular flexibility index (Phi) is 3.18. The van der Waals surface area contributed by atoms with E-state index in [-0.39, 0.29) is 35.2 Å². The minimum atomic E-state index is -3.12. The van der Waals surface area contributed by atoms with Crippen LogP contribution in [0.3, 0.4) is 0 Å². The molecule has 0 aromatic heterocycles. The van der Waals surface area contributed by atoms with Crippen molar-refractivity contribution in [3.05, 3.63) is 59.2 Å². The van der Waals surface area contributed by atoms with Crippen LogP contribution in [-0.4, -0.2) is 46.4 Å². The van der Waals surface area contributed by atoms with Crippen LogP contribution in [-0.2, 0) is 15.5 Å². The van der Waals surface area contributed by atoms with Crippen LogP contribution >= 0.6 is 0 Å². The average Bonchev–Trinajstić information content (AvgIpc) is 3.53. The molecule has 2 aromatic rings. The molecule has 6 nitrogen and oxygen atoms in total. The number of halogens is 2. The van der Waals surface area contributed by atoms with Gasteiger partial charge < -0.3 is 15.3 Å². The normalized spacial score (nSPS) is 30.2. The number of carboxylic acids is 1. The molecule has 2 amide bonds. The highest BCUT2D eigenvalue weighted by Crippen LogP contribution is 2.78. The molecule has 3 aliphatic carbocycles. The van der Waals surface area contributed by atoms with Crippen LogP contribution in [0.5, 0.6) is 0 Å². The molecule has 2 aliphatic heterocycles. The van der Waals surface area contributed by atoms with Crippen LogP contribution < -0.4 is 5.32 Å². The van der Waals surface area contributed by atoms with Crippen LogP contribution in [0, 0.1) is 17.8 Å². The summed E-state index contributed by atoms with van der Waals surface area (Å²) in [5.41, 5.74) is 0.598. The van der Waals surface area contributed by atoms with Crippen molar-refractivity contribution in [1.82, 2.24) is 10.2 Å². The smallest absolute Gasteiger partial charge is 0.326 e. The summed E-state index contributed by atoms with van der Waals surface area (Å²) in [4.78, 5) is 37.9. The molecule has 0 spiro atoms. The van der Waals surface area contributed by atoms with Crippen LogP contribution in [0.15, 0.2) is 42.5 Å². The number of piperidine rings is 1. The number of carbonyl (C=O) groups is 3. The summed E-state index contributed by atoms with van der Waals surface area (Å²) >= 11 is 0. The molecule has 7 rings (SSSR count). The second kappa shape index (κ2) is 5.44. The van der Waals surface area contributed by atoms with E-state index in [0.717, 1.165) is 0 Å². The number of amides is 2. The van der Waals surface area contributed by atoms with E-state index in [1.54, 1.807) is 18.2 Å². The number of fused-ring (bicyclic) bond motifs is 4. The zero-order chi connectivity index (χ0) is 20.9. The van der Waals surface area contributed by atoms with Crippen molar-refractivity contribution in [1.29, 1.82) is 0 Å². The number of rotatable bonds is 4. The van der Waals surface area contributed by atoms with Crippen LogP contribution in [0.4, 0.5) is 8.78 Å². The van der Waals surface area contributed by atoms with E-state index in [1.807, 2.05) is 0 Å². The van der Waals surface area contributed by atoms with Crippen molar-refractivity contribution in [2.45, 2.75) is 18.0 Å². The number of hydrogen-bond donors (Lipinski definition) is 2. The number of carboxylic acid groups (broad SMARTS) is 1. The fourth-order valence-corrected chi connectivity index (χ4v) is 5.47. The summed E-state index contributed by atoms with van der Waals surface area (Å²) < 4.78 is 29.3. The van der Waals surface area contributed by atoms with Gasteiger partial charge >= 0.3 is 5.97 Å². The summed E-state index contributed by atoms with van der Waals surface area (Å²) in [6, 6.07) is 9.34. The molecular formula is C22H16F2N2O4. The van der Waals surface area contributed by atoms with E-state index >= 15 is 0 Å². The lowest BCUT2D eigenvalue weighted by molar-refractivity contribution is -0.148. The van der Waals surface area contributed by atoms with Gasteiger partial charge in [0.15, 0.2) is 0 Å². The van der Waals surface area contributed by atoms with Crippen molar-refractivity contribution in [2.75, 3.05) is 6.54 Å². The lowest BCUT2D eigenvalue weighted by Gasteiger charge is -2.21. The first-order chi connectivity index (χ1) is 14.3. The topological polar surface area (TPSA) is 86.7 Å². The number of alkyl halides is 2. The van der Waals surface area contributed by atoms with E-state index < -0.39 is 29.7 Å². The van der Waals surface area contributed by atoms with Gasteiger partial charge in [-0.25, -0.2) is 4.79 Å². The molecule has 3 unspecified atom stereocenters. The monoisotopic (exact) mass is 410 g/mol.